The van der Waals surface area contributed by atoms with Gasteiger partial charge in [0.05, 0.1) is 17.5 Å². The van der Waals surface area contributed by atoms with E-state index in [1.807, 2.05) is 19.9 Å². The van der Waals surface area contributed by atoms with E-state index in [1.54, 1.807) is 6.07 Å². The molecule has 1 rings (SSSR count). The van der Waals surface area contributed by atoms with Gasteiger partial charge in [-0.05, 0) is 24.5 Å². The van der Waals surface area contributed by atoms with Gasteiger partial charge in [0.1, 0.15) is 0 Å². The molecule has 6 heteroatoms. The van der Waals surface area contributed by atoms with Crippen LogP contribution in [0.1, 0.15) is 41.7 Å². The van der Waals surface area contributed by atoms with Crippen molar-refractivity contribution in [1.29, 1.82) is 0 Å². The zero-order chi connectivity index (χ0) is 15.1. The first-order valence-corrected chi connectivity index (χ1v) is 7.49. The molecule has 2 amide bonds. The van der Waals surface area contributed by atoms with Gasteiger partial charge in [-0.15, -0.1) is 11.3 Å². The molecule has 0 aromatic carbocycles. The summed E-state index contributed by atoms with van der Waals surface area (Å²) in [6.45, 7) is 6.20. The molecule has 112 valence electrons. The third-order valence-electron chi connectivity index (χ3n) is 2.64. The van der Waals surface area contributed by atoms with E-state index in [1.165, 1.54) is 18.3 Å². The van der Waals surface area contributed by atoms with Crippen molar-refractivity contribution >= 4 is 23.2 Å². The molecule has 5 nitrogen and oxygen atoms in total. The predicted molar refractivity (Wildman–Crippen MR) is 79.6 cm³/mol. The number of aliphatic hydroxyl groups excluding tert-OH is 1. The highest BCUT2D eigenvalue weighted by molar-refractivity contribution is 7.14. The third-order valence-corrected chi connectivity index (χ3v) is 3.72. The van der Waals surface area contributed by atoms with Crippen LogP contribution in [0.2, 0.25) is 0 Å². The highest BCUT2D eigenvalue weighted by atomic mass is 32.1. The summed E-state index contributed by atoms with van der Waals surface area (Å²) in [6, 6.07) is 3.55. The lowest BCUT2D eigenvalue weighted by Crippen LogP contribution is -2.32. The second-order valence-corrected chi connectivity index (χ2v) is 6.34. The molecule has 1 aromatic rings. The Morgan fingerprint density at radius 2 is 2.00 bits per heavy atom. The quantitative estimate of drug-likeness (QED) is 0.714. The second-order valence-electron chi connectivity index (χ2n) is 5.17. The van der Waals surface area contributed by atoms with Gasteiger partial charge in [-0.3, -0.25) is 9.59 Å². The van der Waals surface area contributed by atoms with Crippen LogP contribution in [-0.2, 0) is 11.3 Å². The van der Waals surface area contributed by atoms with Gasteiger partial charge in [-0.2, -0.15) is 0 Å². The summed E-state index contributed by atoms with van der Waals surface area (Å²) in [6.07, 6.45) is 0.149. The Morgan fingerprint density at radius 1 is 1.30 bits per heavy atom. The Labute approximate surface area is 123 Å². The summed E-state index contributed by atoms with van der Waals surface area (Å²) in [5.74, 6) is 0.112. The monoisotopic (exact) mass is 298 g/mol. The highest BCUT2D eigenvalue weighted by Crippen LogP contribution is 2.16. The van der Waals surface area contributed by atoms with Crippen molar-refractivity contribution in [3.05, 3.63) is 21.9 Å². The van der Waals surface area contributed by atoms with Crippen molar-refractivity contribution in [3.8, 4) is 0 Å². The van der Waals surface area contributed by atoms with Gasteiger partial charge in [0.15, 0.2) is 0 Å². The minimum Gasteiger partial charge on any atom is -0.391 e. The van der Waals surface area contributed by atoms with E-state index in [9.17, 15) is 14.7 Å². The molecule has 3 N–H and O–H groups in total. The van der Waals surface area contributed by atoms with E-state index in [4.69, 9.17) is 0 Å². The summed E-state index contributed by atoms with van der Waals surface area (Å²) in [7, 11) is 0. The predicted octanol–water partition coefficient (Wildman–Crippen LogP) is 1.52. The Hall–Kier alpha value is -1.40. The standard InChI is InChI=1S/C14H22N2O3S/c1-9(2)6-11(18)7-16-14(19)13-5-4-12(20-13)8-15-10(3)17/h4-5,9,11,18H,6-8H2,1-3H3,(H,15,17)(H,16,19). The Bertz CT molecular complexity index is 457. The van der Waals surface area contributed by atoms with Crippen LogP contribution in [0.3, 0.4) is 0 Å². The first-order valence-electron chi connectivity index (χ1n) is 6.68. The van der Waals surface area contributed by atoms with Crippen LogP contribution in [0.25, 0.3) is 0 Å². The van der Waals surface area contributed by atoms with Crippen molar-refractivity contribution in [3.63, 3.8) is 0 Å². The van der Waals surface area contributed by atoms with E-state index in [0.717, 1.165) is 4.88 Å². The van der Waals surface area contributed by atoms with Crippen LogP contribution >= 0.6 is 11.3 Å². The molecule has 0 aliphatic heterocycles. The summed E-state index contributed by atoms with van der Waals surface area (Å²) in [5.41, 5.74) is 0. The van der Waals surface area contributed by atoms with Crippen LogP contribution in [0.4, 0.5) is 0 Å². The maximum absolute atomic E-state index is 11.9. The minimum atomic E-state index is -0.516. The summed E-state index contributed by atoms with van der Waals surface area (Å²) < 4.78 is 0. The van der Waals surface area contributed by atoms with Gasteiger partial charge in [0.25, 0.3) is 5.91 Å². The zero-order valence-corrected chi connectivity index (χ0v) is 12.9. The molecule has 0 fully saturated rings. The van der Waals surface area contributed by atoms with Gasteiger partial charge in [0, 0.05) is 18.3 Å². The van der Waals surface area contributed by atoms with E-state index < -0.39 is 6.10 Å². The number of carbonyl (C=O) groups is 2. The fourth-order valence-corrected chi connectivity index (χ4v) is 2.60. The van der Waals surface area contributed by atoms with E-state index >= 15 is 0 Å². The lowest BCUT2D eigenvalue weighted by molar-refractivity contribution is -0.119. The number of rotatable bonds is 7. The molecule has 0 radical (unpaired) electrons. The van der Waals surface area contributed by atoms with Crippen molar-refractivity contribution in [2.75, 3.05) is 6.54 Å². The molecule has 0 aliphatic rings. The molecule has 1 heterocycles. The van der Waals surface area contributed by atoms with E-state index in [0.29, 0.717) is 23.8 Å². The Balaban J connectivity index is 2.41. The minimum absolute atomic E-state index is 0.0961. The molecular formula is C14H22N2O3S. The smallest absolute Gasteiger partial charge is 0.261 e. The van der Waals surface area contributed by atoms with Crippen molar-refractivity contribution in [2.24, 2.45) is 5.92 Å². The lowest BCUT2D eigenvalue weighted by Gasteiger charge is -2.13. The Morgan fingerprint density at radius 3 is 2.60 bits per heavy atom. The highest BCUT2D eigenvalue weighted by Gasteiger charge is 2.12. The third kappa shape index (κ3) is 6.16. The number of thiophene rings is 1. The molecule has 1 unspecified atom stereocenters. The molecule has 1 atom stereocenters. The molecule has 0 spiro atoms. The molecule has 0 aliphatic carbocycles. The first-order chi connectivity index (χ1) is 9.38. The fourth-order valence-electron chi connectivity index (χ4n) is 1.73. The van der Waals surface area contributed by atoms with Crippen LogP contribution in [0, 0.1) is 5.92 Å². The Kier molecular flexibility index (Phi) is 6.67. The van der Waals surface area contributed by atoms with Crippen LogP contribution in [0.5, 0.6) is 0 Å². The van der Waals surface area contributed by atoms with E-state index in [2.05, 4.69) is 10.6 Å². The fraction of sp³-hybridized carbons (Fsp3) is 0.571. The second kappa shape index (κ2) is 8.01. The molecule has 0 saturated heterocycles. The average Bonchev–Trinajstić information content (AvgIpc) is 2.81. The number of aliphatic hydroxyl groups is 1. The zero-order valence-electron chi connectivity index (χ0n) is 12.1. The van der Waals surface area contributed by atoms with Gasteiger partial charge in [0.2, 0.25) is 5.91 Å². The molecule has 0 bridgehead atoms. The molecule has 1 aromatic heterocycles. The maximum Gasteiger partial charge on any atom is 0.261 e. The number of nitrogens with one attached hydrogen (secondary N) is 2. The number of amides is 2. The largest absolute Gasteiger partial charge is 0.391 e. The van der Waals surface area contributed by atoms with Crippen LogP contribution in [0.15, 0.2) is 12.1 Å². The van der Waals surface area contributed by atoms with Gasteiger partial charge in [-0.25, -0.2) is 0 Å². The average molecular weight is 298 g/mol. The normalized spacial score (nSPS) is 12.2. The summed E-state index contributed by atoms with van der Waals surface area (Å²) in [4.78, 5) is 24.2. The summed E-state index contributed by atoms with van der Waals surface area (Å²) in [5, 5.41) is 15.1. The number of hydrogen-bond donors (Lipinski definition) is 3. The van der Waals surface area contributed by atoms with Gasteiger partial charge < -0.3 is 15.7 Å². The topological polar surface area (TPSA) is 78.4 Å². The first kappa shape index (κ1) is 16.7. The van der Waals surface area contributed by atoms with Crippen molar-refractivity contribution in [1.82, 2.24) is 10.6 Å². The van der Waals surface area contributed by atoms with Crippen molar-refractivity contribution in [2.45, 2.75) is 39.8 Å². The van der Waals surface area contributed by atoms with Gasteiger partial charge >= 0.3 is 0 Å². The lowest BCUT2D eigenvalue weighted by atomic mass is 10.1. The SMILES string of the molecule is CC(=O)NCc1ccc(C(=O)NCC(O)CC(C)C)s1. The number of hydrogen-bond acceptors (Lipinski definition) is 4. The molecule has 20 heavy (non-hydrogen) atoms. The van der Waals surface area contributed by atoms with Gasteiger partial charge in [-0.1, -0.05) is 13.8 Å². The molecule has 0 saturated carbocycles. The van der Waals surface area contributed by atoms with Crippen molar-refractivity contribution < 1.29 is 14.7 Å². The van der Waals surface area contributed by atoms with Crippen LogP contribution in [-0.4, -0.2) is 29.6 Å². The number of carbonyl (C=O) groups excluding carboxylic acids is 2. The molecular weight excluding hydrogens is 276 g/mol. The maximum atomic E-state index is 11.9. The van der Waals surface area contributed by atoms with Crippen LogP contribution < -0.4 is 10.6 Å². The summed E-state index contributed by atoms with van der Waals surface area (Å²) >= 11 is 1.34. The van der Waals surface area contributed by atoms with E-state index in [-0.39, 0.29) is 18.4 Å².